The number of hydrogen-bond donors (Lipinski definition) is 2. The Morgan fingerprint density at radius 2 is 2.40 bits per heavy atom. The van der Waals surface area contributed by atoms with Gasteiger partial charge in [0.25, 0.3) is 0 Å². The number of rotatable bonds is 1. The second kappa shape index (κ2) is 2.78. The van der Waals surface area contributed by atoms with E-state index in [4.69, 9.17) is 0 Å². The van der Waals surface area contributed by atoms with Crippen LogP contribution in [-0.2, 0) is 0 Å². The number of dihydropyridines is 1. The smallest absolute Gasteiger partial charge is 0.118 e. The molecule has 10 heavy (non-hydrogen) atoms. The second-order valence-corrected chi connectivity index (χ2v) is 2.43. The summed E-state index contributed by atoms with van der Waals surface area (Å²) in [5, 5.41) is 12.5. The minimum Gasteiger partial charge on any atom is -0.508 e. The average Bonchev–Trinajstić information content (AvgIpc) is 1.88. The van der Waals surface area contributed by atoms with E-state index in [0.29, 0.717) is 5.76 Å². The lowest BCUT2D eigenvalue weighted by molar-refractivity contribution is 0.411. The van der Waals surface area contributed by atoms with Gasteiger partial charge in [-0.25, -0.2) is 0 Å². The topological polar surface area (TPSA) is 32.3 Å². The van der Waals surface area contributed by atoms with Crippen molar-refractivity contribution in [2.24, 2.45) is 0 Å². The van der Waals surface area contributed by atoms with Gasteiger partial charge in [-0.3, -0.25) is 0 Å². The summed E-state index contributed by atoms with van der Waals surface area (Å²) in [7, 11) is 0. The SMILES string of the molecule is CCC1=C(C)NCC=C1O. The number of nitrogens with one attached hydrogen (secondary N) is 1. The van der Waals surface area contributed by atoms with E-state index in [1.165, 1.54) is 0 Å². The van der Waals surface area contributed by atoms with Gasteiger partial charge in [-0.15, -0.1) is 0 Å². The number of aliphatic hydroxyl groups excluding tert-OH is 1. The first-order valence-corrected chi connectivity index (χ1v) is 3.58. The Hall–Kier alpha value is -0.920. The standard InChI is InChI=1S/C8H13NO/c1-3-7-6(2)9-5-4-8(7)10/h4,9-10H,3,5H2,1-2H3. The molecule has 0 amide bonds. The molecule has 0 aromatic rings. The molecule has 0 radical (unpaired) electrons. The third kappa shape index (κ3) is 1.15. The fraction of sp³-hybridized carbons (Fsp3) is 0.500. The highest BCUT2D eigenvalue weighted by Crippen LogP contribution is 2.16. The third-order valence-corrected chi connectivity index (χ3v) is 1.78. The van der Waals surface area contributed by atoms with Crippen molar-refractivity contribution in [2.45, 2.75) is 20.3 Å². The van der Waals surface area contributed by atoms with Gasteiger partial charge in [0.2, 0.25) is 0 Å². The Morgan fingerprint density at radius 1 is 1.70 bits per heavy atom. The molecule has 1 aliphatic heterocycles. The van der Waals surface area contributed by atoms with Gasteiger partial charge in [0.05, 0.1) is 0 Å². The Labute approximate surface area is 61.3 Å². The maximum Gasteiger partial charge on any atom is 0.118 e. The van der Waals surface area contributed by atoms with Crippen LogP contribution in [0.15, 0.2) is 23.1 Å². The average molecular weight is 139 g/mol. The predicted octanol–water partition coefficient (Wildman–Crippen LogP) is 1.72. The van der Waals surface area contributed by atoms with Crippen LogP contribution in [-0.4, -0.2) is 11.7 Å². The van der Waals surface area contributed by atoms with E-state index in [-0.39, 0.29) is 0 Å². The van der Waals surface area contributed by atoms with Crippen molar-refractivity contribution in [2.75, 3.05) is 6.54 Å². The molecule has 0 saturated heterocycles. The minimum atomic E-state index is 0.443. The molecule has 0 aromatic heterocycles. The van der Waals surface area contributed by atoms with Crippen LogP contribution in [0.3, 0.4) is 0 Å². The van der Waals surface area contributed by atoms with Gasteiger partial charge in [-0.2, -0.15) is 0 Å². The van der Waals surface area contributed by atoms with Crippen molar-refractivity contribution in [3.63, 3.8) is 0 Å². The molecule has 0 bridgehead atoms. The Bertz CT molecular complexity index is 191. The first-order chi connectivity index (χ1) is 4.75. The molecule has 1 aliphatic rings. The van der Waals surface area contributed by atoms with Crippen LogP contribution in [0, 0.1) is 0 Å². The molecule has 0 aromatic carbocycles. The van der Waals surface area contributed by atoms with Crippen LogP contribution in [0.1, 0.15) is 20.3 Å². The Morgan fingerprint density at radius 3 is 2.80 bits per heavy atom. The summed E-state index contributed by atoms with van der Waals surface area (Å²) < 4.78 is 0. The maximum atomic E-state index is 9.30. The predicted molar refractivity (Wildman–Crippen MR) is 41.7 cm³/mol. The van der Waals surface area contributed by atoms with Crippen LogP contribution in [0.2, 0.25) is 0 Å². The van der Waals surface area contributed by atoms with Gasteiger partial charge >= 0.3 is 0 Å². The summed E-state index contributed by atoms with van der Waals surface area (Å²) in [4.78, 5) is 0. The lowest BCUT2D eigenvalue weighted by atomic mass is 10.1. The molecule has 0 aliphatic carbocycles. The highest BCUT2D eigenvalue weighted by molar-refractivity contribution is 5.31. The second-order valence-electron chi connectivity index (χ2n) is 2.43. The zero-order chi connectivity index (χ0) is 7.56. The van der Waals surface area contributed by atoms with E-state index in [1.54, 1.807) is 6.08 Å². The van der Waals surface area contributed by atoms with Crippen LogP contribution in [0.4, 0.5) is 0 Å². The molecule has 1 heterocycles. The van der Waals surface area contributed by atoms with Crippen molar-refractivity contribution < 1.29 is 5.11 Å². The number of aliphatic hydroxyl groups is 1. The van der Waals surface area contributed by atoms with Gasteiger partial charge in [0.15, 0.2) is 0 Å². The van der Waals surface area contributed by atoms with Gasteiger partial charge in [0.1, 0.15) is 5.76 Å². The zero-order valence-corrected chi connectivity index (χ0v) is 6.44. The third-order valence-electron chi connectivity index (χ3n) is 1.78. The molecule has 56 valence electrons. The maximum absolute atomic E-state index is 9.30. The van der Waals surface area contributed by atoms with Crippen molar-refractivity contribution in [3.05, 3.63) is 23.1 Å². The molecule has 0 fully saturated rings. The monoisotopic (exact) mass is 139 g/mol. The van der Waals surface area contributed by atoms with Crippen molar-refractivity contribution in [1.29, 1.82) is 0 Å². The molecular weight excluding hydrogens is 126 g/mol. The van der Waals surface area contributed by atoms with Gasteiger partial charge in [-0.1, -0.05) is 6.92 Å². The highest BCUT2D eigenvalue weighted by atomic mass is 16.3. The molecule has 2 nitrogen and oxygen atoms in total. The van der Waals surface area contributed by atoms with Crippen LogP contribution >= 0.6 is 0 Å². The Balaban J connectivity index is 2.87. The van der Waals surface area contributed by atoms with Gasteiger partial charge in [-0.05, 0) is 19.4 Å². The lowest BCUT2D eigenvalue weighted by Crippen LogP contribution is -2.18. The lowest BCUT2D eigenvalue weighted by Gasteiger charge is -2.15. The molecule has 0 unspecified atom stereocenters. The van der Waals surface area contributed by atoms with E-state index in [1.807, 2.05) is 13.8 Å². The summed E-state index contributed by atoms with van der Waals surface area (Å²) in [5.74, 6) is 0.443. The first-order valence-electron chi connectivity index (χ1n) is 3.58. The fourth-order valence-electron chi connectivity index (χ4n) is 1.17. The van der Waals surface area contributed by atoms with Crippen LogP contribution in [0.25, 0.3) is 0 Å². The summed E-state index contributed by atoms with van der Waals surface area (Å²) in [5.41, 5.74) is 2.13. The summed E-state index contributed by atoms with van der Waals surface area (Å²) in [6.45, 7) is 4.78. The number of hydrogen-bond acceptors (Lipinski definition) is 2. The normalized spacial score (nSPS) is 18.4. The largest absolute Gasteiger partial charge is 0.508 e. The minimum absolute atomic E-state index is 0.443. The van der Waals surface area contributed by atoms with E-state index in [9.17, 15) is 5.11 Å². The van der Waals surface area contributed by atoms with Crippen LogP contribution < -0.4 is 5.32 Å². The van der Waals surface area contributed by atoms with Crippen molar-refractivity contribution in [1.82, 2.24) is 5.32 Å². The highest BCUT2D eigenvalue weighted by Gasteiger charge is 2.08. The van der Waals surface area contributed by atoms with E-state index < -0.39 is 0 Å². The number of allylic oxidation sites excluding steroid dienone is 2. The molecule has 1 rings (SSSR count). The molecule has 0 saturated carbocycles. The molecule has 2 heteroatoms. The Kier molecular flexibility index (Phi) is 2.00. The van der Waals surface area contributed by atoms with Crippen LogP contribution in [0.5, 0.6) is 0 Å². The van der Waals surface area contributed by atoms with Gasteiger partial charge in [0, 0.05) is 17.8 Å². The molecular formula is C8H13NO. The quantitative estimate of drug-likeness (QED) is 0.579. The van der Waals surface area contributed by atoms with E-state index in [0.717, 1.165) is 24.2 Å². The summed E-state index contributed by atoms with van der Waals surface area (Å²) >= 11 is 0. The van der Waals surface area contributed by atoms with Gasteiger partial charge < -0.3 is 10.4 Å². The zero-order valence-electron chi connectivity index (χ0n) is 6.44. The molecule has 2 N–H and O–H groups in total. The molecule has 0 atom stereocenters. The van der Waals surface area contributed by atoms with E-state index in [2.05, 4.69) is 5.32 Å². The summed E-state index contributed by atoms with van der Waals surface area (Å²) in [6, 6.07) is 0. The summed E-state index contributed by atoms with van der Waals surface area (Å²) in [6.07, 6.45) is 2.69. The molecule has 0 spiro atoms. The first kappa shape index (κ1) is 7.19. The van der Waals surface area contributed by atoms with Crippen molar-refractivity contribution >= 4 is 0 Å². The van der Waals surface area contributed by atoms with Crippen molar-refractivity contribution in [3.8, 4) is 0 Å². The van der Waals surface area contributed by atoms with E-state index >= 15 is 0 Å². The fourth-order valence-corrected chi connectivity index (χ4v) is 1.17.